The molecule has 2 unspecified atom stereocenters. The van der Waals surface area contributed by atoms with Gasteiger partial charge in [-0.3, -0.25) is 14.6 Å². The monoisotopic (exact) mass is 423 g/mol. The van der Waals surface area contributed by atoms with E-state index < -0.39 is 6.04 Å². The first-order chi connectivity index (χ1) is 14.9. The van der Waals surface area contributed by atoms with Gasteiger partial charge in [0.2, 0.25) is 11.8 Å². The van der Waals surface area contributed by atoms with Crippen LogP contribution in [0.15, 0.2) is 47.5 Å². The molecule has 1 heterocycles. The van der Waals surface area contributed by atoms with E-state index in [0.717, 1.165) is 28.9 Å². The highest BCUT2D eigenvalue weighted by atomic mass is 16.5. The molecule has 0 saturated carbocycles. The number of benzene rings is 2. The second-order valence-corrected chi connectivity index (χ2v) is 7.38. The van der Waals surface area contributed by atoms with E-state index in [1.807, 2.05) is 56.3 Å². The molecule has 164 valence electrons. The average Bonchev–Trinajstić information content (AvgIpc) is 2.76. The van der Waals surface area contributed by atoms with E-state index in [9.17, 15) is 9.59 Å². The number of nitrogens with one attached hydrogen (secondary N) is 2. The van der Waals surface area contributed by atoms with E-state index in [1.54, 1.807) is 7.11 Å². The molecule has 0 aromatic heterocycles. The SMILES string of the molecule is CCOc1cc(C2=NC(Cc3ccc(NC(C)=O)cc3)C(=O)NC2CC)ccc1OC. The molecule has 0 bridgehead atoms. The molecule has 0 spiro atoms. The molecule has 7 nitrogen and oxygen atoms in total. The summed E-state index contributed by atoms with van der Waals surface area (Å²) in [6, 6.07) is 12.5. The maximum Gasteiger partial charge on any atom is 0.245 e. The lowest BCUT2D eigenvalue weighted by Gasteiger charge is -2.29. The molecule has 0 aliphatic carbocycles. The molecule has 2 aromatic rings. The number of aliphatic imine (C=N–C) groups is 1. The van der Waals surface area contributed by atoms with Crippen molar-refractivity contribution >= 4 is 23.2 Å². The van der Waals surface area contributed by atoms with Crippen LogP contribution in [0.3, 0.4) is 0 Å². The average molecular weight is 424 g/mol. The van der Waals surface area contributed by atoms with Crippen LogP contribution >= 0.6 is 0 Å². The van der Waals surface area contributed by atoms with Crippen LogP contribution in [0.25, 0.3) is 0 Å². The first kappa shape index (κ1) is 22.3. The Hall–Kier alpha value is -3.35. The molecular formula is C24H29N3O4. The van der Waals surface area contributed by atoms with Gasteiger partial charge in [-0.15, -0.1) is 0 Å². The van der Waals surface area contributed by atoms with Crippen molar-refractivity contribution in [2.75, 3.05) is 19.0 Å². The summed E-state index contributed by atoms with van der Waals surface area (Å²) < 4.78 is 11.1. The van der Waals surface area contributed by atoms with Crippen molar-refractivity contribution in [3.05, 3.63) is 53.6 Å². The van der Waals surface area contributed by atoms with Gasteiger partial charge < -0.3 is 20.1 Å². The maximum atomic E-state index is 12.7. The third kappa shape index (κ3) is 5.42. The molecule has 2 N–H and O–H groups in total. The summed E-state index contributed by atoms with van der Waals surface area (Å²) in [4.78, 5) is 28.7. The first-order valence-corrected chi connectivity index (χ1v) is 10.5. The fraction of sp³-hybridized carbons (Fsp3) is 0.375. The second-order valence-electron chi connectivity index (χ2n) is 7.38. The molecule has 3 rings (SSSR count). The minimum atomic E-state index is -0.526. The van der Waals surface area contributed by atoms with Gasteiger partial charge in [-0.05, 0) is 49.2 Å². The van der Waals surface area contributed by atoms with Gasteiger partial charge in [-0.1, -0.05) is 19.1 Å². The summed E-state index contributed by atoms with van der Waals surface area (Å²) >= 11 is 0. The summed E-state index contributed by atoms with van der Waals surface area (Å²) in [5.41, 5.74) is 3.44. The highest BCUT2D eigenvalue weighted by Gasteiger charge is 2.30. The van der Waals surface area contributed by atoms with E-state index in [-0.39, 0.29) is 17.9 Å². The third-order valence-corrected chi connectivity index (χ3v) is 5.11. The van der Waals surface area contributed by atoms with E-state index in [1.165, 1.54) is 6.92 Å². The lowest BCUT2D eigenvalue weighted by atomic mass is 9.95. The highest BCUT2D eigenvalue weighted by Crippen LogP contribution is 2.29. The third-order valence-electron chi connectivity index (χ3n) is 5.11. The van der Waals surface area contributed by atoms with Gasteiger partial charge in [0.1, 0.15) is 6.04 Å². The number of carbonyl (C=O) groups excluding carboxylic acids is 2. The number of methoxy groups -OCH3 is 1. The van der Waals surface area contributed by atoms with Crippen molar-refractivity contribution < 1.29 is 19.1 Å². The van der Waals surface area contributed by atoms with Crippen LogP contribution < -0.4 is 20.1 Å². The van der Waals surface area contributed by atoms with E-state index >= 15 is 0 Å². The molecular weight excluding hydrogens is 394 g/mol. The fourth-order valence-electron chi connectivity index (χ4n) is 3.62. The zero-order valence-electron chi connectivity index (χ0n) is 18.4. The van der Waals surface area contributed by atoms with Crippen LogP contribution in [0.4, 0.5) is 5.69 Å². The van der Waals surface area contributed by atoms with Gasteiger partial charge in [0, 0.05) is 24.6 Å². The minimum Gasteiger partial charge on any atom is -0.493 e. The molecule has 1 aliphatic rings. The minimum absolute atomic E-state index is 0.0833. The fourth-order valence-corrected chi connectivity index (χ4v) is 3.62. The van der Waals surface area contributed by atoms with Gasteiger partial charge in [0.05, 0.1) is 25.5 Å². The second kappa shape index (κ2) is 10.1. The first-order valence-electron chi connectivity index (χ1n) is 10.5. The van der Waals surface area contributed by atoms with Crippen molar-refractivity contribution in [3.8, 4) is 11.5 Å². The van der Waals surface area contributed by atoms with E-state index in [2.05, 4.69) is 10.6 Å². The van der Waals surface area contributed by atoms with Crippen molar-refractivity contribution in [3.63, 3.8) is 0 Å². The number of hydrogen-bond acceptors (Lipinski definition) is 5. The number of nitrogens with zero attached hydrogens (tertiary/aromatic N) is 1. The Bertz CT molecular complexity index is 969. The number of amides is 2. The quantitative estimate of drug-likeness (QED) is 0.681. The molecule has 0 radical (unpaired) electrons. The van der Waals surface area contributed by atoms with Crippen molar-refractivity contribution in [2.24, 2.45) is 4.99 Å². The highest BCUT2D eigenvalue weighted by molar-refractivity contribution is 6.09. The molecule has 2 amide bonds. The van der Waals surface area contributed by atoms with Gasteiger partial charge >= 0.3 is 0 Å². The predicted octanol–water partition coefficient (Wildman–Crippen LogP) is 3.36. The van der Waals surface area contributed by atoms with Crippen molar-refractivity contribution in [1.29, 1.82) is 0 Å². The van der Waals surface area contributed by atoms with Crippen LogP contribution in [-0.4, -0.2) is 43.3 Å². The molecule has 31 heavy (non-hydrogen) atoms. The number of rotatable bonds is 8. The Kier molecular flexibility index (Phi) is 7.28. The molecule has 2 atom stereocenters. The molecule has 0 fully saturated rings. The van der Waals surface area contributed by atoms with Crippen LogP contribution in [0.1, 0.15) is 38.3 Å². The Labute approximate surface area is 182 Å². The summed E-state index contributed by atoms with van der Waals surface area (Å²) in [6.07, 6.45) is 1.21. The molecule has 0 saturated heterocycles. The van der Waals surface area contributed by atoms with Crippen LogP contribution in [0.5, 0.6) is 11.5 Å². The lowest BCUT2D eigenvalue weighted by Crippen LogP contribution is -2.50. The van der Waals surface area contributed by atoms with Gasteiger partial charge in [0.15, 0.2) is 11.5 Å². The molecule has 2 aromatic carbocycles. The Morgan fingerprint density at radius 3 is 2.48 bits per heavy atom. The van der Waals surface area contributed by atoms with Crippen LogP contribution in [-0.2, 0) is 16.0 Å². The van der Waals surface area contributed by atoms with Crippen LogP contribution in [0, 0.1) is 0 Å². The van der Waals surface area contributed by atoms with Gasteiger partial charge in [-0.25, -0.2) is 0 Å². The predicted molar refractivity (Wildman–Crippen MR) is 121 cm³/mol. The lowest BCUT2D eigenvalue weighted by molar-refractivity contribution is -0.123. The number of hydrogen-bond donors (Lipinski definition) is 2. The Morgan fingerprint density at radius 1 is 1.13 bits per heavy atom. The summed E-state index contributed by atoms with van der Waals surface area (Å²) in [5, 5.41) is 5.85. The van der Waals surface area contributed by atoms with Crippen molar-refractivity contribution in [1.82, 2.24) is 5.32 Å². The largest absolute Gasteiger partial charge is 0.493 e. The zero-order valence-corrected chi connectivity index (χ0v) is 18.4. The van der Waals surface area contributed by atoms with Gasteiger partial charge in [0.25, 0.3) is 0 Å². The normalized spacial score (nSPS) is 18.1. The van der Waals surface area contributed by atoms with Crippen molar-refractivity contribution in [2.45, 2.75) is 45.7 Å². The van der Waals surface area contributed by atoms with Crippen LogP contribution in [0.2, 0.25) is 0 Å². The number of carbonyl (C=O) groups is 2. The summed E-state index contributed by atoms with van der Waals surface area (Å²) in [7, 11) is 1.61. The zero-order chi connectivity index (χ0) is 22.4. The molecule has 7 heteroatoms. The standard InChI is InChI=1S/C24H29N3O4/c1-5-19-23(17-9-12-21(30-4)22(14-17)31-6-2)26-20(24(29)27-19)13-16-7-10-18(11-8-16)25-15(3)28/h7-12,14,19-20H,5-6,13H2,1-4H3,(H,25,28)(H,27,29). The number of ether oxygens (including phenoxy) is 2. The van der Waals surface area contributed by atoms with E-state index in [4.69, 9.17) is 14.5 Å². The van der Waals surface area contributed by atoms with Gasteiger partial charge in [-0.2, -0.15) is 0 Å². The Morgan fingerprint density at radius 2 is 1.87 bits per heavy atom. The smallest absolute Gasteiger partial charge is 0.245 e. The number of anilines is 1. The Balaban J connectivity index is 1.88. The topological polar surface area (TPSA) is 89.0 Å². The molecule has 1 aliphatic heterocycles. The summed E-state index contributed by atoms with van der Waals surface area (Å²) in [6.45, 7) is 5.94. The van der Waals surface area contributed by atoms with E-state index in [0.29, 0.717) is 24.5 Å². The maximum absolute atomic E-state index is 12.7. The summed E-state index contributed by atoms with van der Waals surface area (Å²) in [5.74, 6) is 1.11.